The van der Waals surface area contributed by atoms with E-state index in [1.807, 2.05) is 32.4 Å². The molecule has 1 saturated heterocycles. The van der Waals surface area contributed by atoms with E-state index in [0.717, 1.165) is 41.7 Å². The van der Waals surface area contributed by atoms with Gasteiger partial charge >= 0.3 is 0 Å². The third-order valence-electron chi connectivity index (χ3n) is 6.46. The molecule has 0 spiro atoms. The van der Waals surface area contributed by atoms with E-state index in [2.05, 4.69) is 32.4 Å². The van der Waals surface area contributed by atoms with E-state index in [1.54, 1.807) is 16.8 Å². The highest BCUT2D eigenvalue weighted by atomic mass is 32.2. The fourth-order valence-corrected chi connectivity index (χ4v) is 5.20. The average molecular weight is 486 g/mol. The molecule has 8 nitrogen and oxygen atoms in total. The van der Waals surface area contributed by atoms with Crippen LogP contribution in [0.15, 0.2) is 29.4 Å². The summed E-state index contributed by atoms with van der Waals surface area (Å²) in [6.07, 6.45) is 3.58. The molecule has 1 fully saturated rings. The Morgan fingerprint density at radius 1 is 1.09 bits per heavy atom. The quantitative estimate of drug-likeness (QED) is 0.499. The highest BCUT2D eigenvalue weighted by Gasteiger charge is 2.28. The predicted molar refractivity (Wildman–Crippen MR) is 132 cm³/mol. The summed E-state index contributed by atoms with van der Waals surface area (Å²) in [6, 6.07) is 6.37. The highest BCUT2D eigenvalue weighted by molar-refractivity contribution is 8.00. The first kappa shape index (κ1) is 24.4. The number of hydrogen-bond acceptors (Lipinski definition) is 6. The number of likely N-dealkylation sites (tertiary alicyclic amines) is 1. The number of anilines is 1. The average Bonchev–Trinajstić information content (AvgIpc) is 3.35. The Labute approximate surface area is 203 Å². The lowest BCUT2D eigenvalue weighted by Gasteiger charge is -2.32. The molecule has 182 valence electrons. The number of thioether (sulfide) groups is 1. The van der Waals surface area contributed by atoms with Crippen molar-refractivity contribution in [2.45, 2.75) is 63.4 Å². The summed E-state index contributed by atoms with van der Waals surface area (Å²) in [7, 11) is 1.85. The Balaban J connectivity index is 1.61. The molecule has 1 amide bonds. The topological polar surface area (TPSA) is 80.9 Å². The number of nitrogens with one attached hydrogen (secondary N) is 1. The van der Waals surface area contributed by atoms with Crippen LogP contribution in [0.3, 0.4) is 0 Å². The number of benzene rings is 1. The van der Waals surface area contributed by atoms with Crippen LogP contribution in [0.5, 0.6) is 0 Å². The monoisotopic (exact) mass is 485 g/mol. The summed E-state index contributed by atoms with van der Waals surface area (Å²) in [5.74, 6) is 0.359. The van der Waals surface area contributed by atoms with Gasteiger partial charge in [0.05, 0.1) is 28.4 Å². The molecule has 1 aromatic carbocycles. The lowest BCUT2D eigenvalue weighted by molar-refractivity contribution is -0.115. The largest absolute Gasteiger partial charge is 0.322 e. The van der Waals surface area contributed by atoms with Gasteiger partial charge in [-0.05, 0) is 77.9 Å². The minimum absolute atomic E-state index is 0.0528. The number of carbonyl (C=O) groups excluding carboxylic acids is 1. The number of carbonyl (C=O) groups is 1. The molecule has 2 unspecified atom stereocenters. The first-order valence-electron chi connectivity index (χ1n) is 11.7. The Bertz CT molecular complexity index is 1150. The lowest BCUT2D eigenvalue weighted by atomic mass is 10.1. The summed E-state index contributed by atoms with van der Waals surface area (Å²) in [5.41, 5.74) is 3.19. The maximum Gasteiger partial charge on any atom is 0.237 e. The number of rotatable bonds is 7. The summed E-state index contributed by atoms with van der Waals surface area (Å²) in [5, 5.41) is 16.5. The fraction of sp³-hybridized carbons (Fsp3) is 0.500. The zero-order chi connectivity index (χ0) is 24.4. The van der Waals surface area contributed by atoms with E-state index in [9.17, 15) is 9.18 Å². The number of halogens is 1. The fourth-order valence-electron chi connectivity index (χ4n) is 4.32. The molecule has 34 heavy (non-hydrogen) atoms. The third kappa shape index (κ3) is 5.02. The molecule has 1 aliphatic heterocycles. The molecule has 4 rings (SSSR count). The maximum atomic E-state index is 13.7. The van der Waals surface area contributed by atoms with Gasteiger partial charge in [0.2, 0.25) is 5.91 Å². The molecule has 0 aliphatic carbocycles. The molecule has 10 heteroatoms. The Kier molecular flexibility index (Phi) is 7.37. The minimum Gasteiger partial charge on any atom is -0.322 e. The second-order valence-corrected chi connectivity index (χ2v) is 10.2. The Morgan fingerprint density at radius 3 is 2.38 bits per heavy atom. The van der Waals surface area contributed by atoms with Crippen LogP contribution in [-0.4, -0.2) is 53.7 Å². The molecule has 1 N–H and O–H groups in total. The molecule has 1 aliphatic rings. The van der Waals surface area contributed by atoms with Crippen LogP contribution >= 0.6 is 11.8 Å². The lowest BCUT2D eigenvalue weighted by Crippen LogP contribution is -2.33. The maximum absolute atomic E-state index is 13.7. The van der Waals surface area contributed by atoms with Crippen LogP contribution in [0.4, 0.5) is 10.1 Å². The van der Waals surface area contributed by atoms with Crippen molar-refractivity contribution in [2.75, 3.05) is 18.4 Å². The smallest absolute Gasteiger partial charge is 0.237 e. The van der Waals surface area contributed by atoms with Crippen LogP contribution < -0.4 is 5.32 Å². The van der Waals surface area contributed by atoms with Crippen LogP contribution in [-0.2, 0) is 11.8 Å². The molecule has 0 saturated carbocycles. The van der Waals surface area contributed by atoms with E-state index < -0.39 is 5.25 Å². The van der Waals surface area contributed by atoms with Crippen molar-refractivity contribution in [1.82, 2.24) is 29.4 Å². The van der Waals surface area contributed by atoms with Gasteiger partial charge in [-0.15, -0.1) is 10.2 Å². The normalized spacial score (nSPS) is 16.4. The number of nitrogens with zero attached hydrogens (tertiary/aromatic N) is 6. The van der Waals surface area contributed by atoms with Gasteiger partial charge in [0, 0.05) is 12.7 Å². The molecule has 3 aromatic rings. The molecular weight excluding hydrogens is 453 g/mol. The van der Waals surface area contributed by atoms with Gasteiger partial charge in [0.25, 0.3) is 0 Å². The summed E-state index contributed by atoms with van der Waals surface area (Å²) in [4.78, 5) is 15.4. The van der Waals surface area contributed by atoms with Gasteiger partial charge in [-0.3, -0.25) is 18.9 Å². The number of amides is 1. The van der Waals surface area contributed by atoms with E-state index >= 15 is 0 Å². The number of piperidine rings is 1. The highest BCUT2D eigenvalue weighted by Crippen LogP contribution is 2.31. The Hall–Kier alpha value is -2.72. The van der Waals surface area contributed by atoms with Crippen LogP contribution in [0.25, 0.3) is 5.69 Å². The third-order valence-corrected chi connectivity index (χ3v) is 7.51. The van der Waals surface area contributed by atoms with Crippen molar-refractivity contribution in [3.63, 3.8) is 0 Å². The number of aryl methyl sites for hydroxylation is 2. The second kappa shape index (κ2) is 10.3. The summed E-state index contributed by atoms with van der Waals surface area (Å²) >= 11 is 1.34. The molecule has 2 aromatic heterocycles. The SMILES string of the molecule is Cc1nn(C)c(C)c1NC(=O)C(C)Sc1nnc(C(C)N2CCCCC2)n1-c1ccc(F)cc1. The van der Waals surface area contributed by atoms with Gasteiger partial charge in [0.15, 0.2) is 11.0 Å². The van der Waals surface area contributed by atoms with Crippen molar-refractivity contribution in [3.05, 3.63) is 47.3 Å². The van der Waals surface area contributed by atoms with E-state index in [0.29, 0.717) is 5.16 Å². The first-order valence-corrected chi connectivity index (χ1v) is 12.6. The van der Waals surface area contributed by atoms with Crippen molar-refractivity contribution in [1.29, 1.82) is 0 Å². The summed E-state index contributed by atoms with van der Waals surface area (Å²) in [6.45, 7) is 9.81. The minimum atomic E-state index is -0.430. The van der Waals surface area contributed by atoms with Gasteiger partial charge in [-0.1, -0.05) is 18.2 Å². The van der Waals surface area contributed by atoms with Gasteiger partial charge < -0.3 is 5.32 Å². The van der Waals surface area contributed by atoms with Crippen LogP contribution in [0.2, 0.25) is 0 Å². The number of hydrogen-bond donors (Lipinski definition) is 1. The molecule has 0 radical (unpaired) electrons. The molecular formula is C24H32FN7OS. The van der Waals surface area contributed by atoms with Crippen molar-refractivity contribution < 1.29 is 9.18 Å². The van der Waals surface area contributed by atoms with Gasteiger partial charge in [-0.25, -0.2) is 4.39 Å². The van der Waals surface area contributed by atoms with Crippen LogP contribution in [0.1, 0.15) is 56.4 Å². The van der Waals surface area contributed by atoms with Gasteiger partial charge in [0.1, 0.15) is 5.82 Å². The molecule has 0 bridgehead atoms. The van der Waals surface area contributed by atoms with Gasteiger partial charge in [-0.2, -0.15) is 5.10 Å². The molecule has 2 atom stereocenters. The van der Waals surface area contributed by atoms with E-state index in [4.69, 9.17) is 0 Å². The van der Waals surface area contributed by atoms with Crippen molar-refractivity contribution in [3.8, 4) is 5.69 Å². The zero-order valence-electron chi connectivity index (χ0n) is 20.4. The van der Waals surface area contributed by atoms with Crippen molar-refractivity contribution in [2.24, 2.45) is 7.05 Å². The summed E-state index contributed by atoms with van der Waals surface area (Å²) < 4.78 is 17.4. The standard InChI is InChI=1S/C24H32FN7OS/c1-15-21(16(2)30(5)29-15)26-23(33)18(4)34-24-28-27-22(17(3)31-13-7-6-8-14-31)32(24)20-11-9-19(25)10-12-20/h9-12,17-18H,6-8,13-14H2,1-5H3,(H,26,33). The van der Waals surface area contributed by atoms with E-state index in [-0.39, 0.29) is 17.8 Å². The van der Waals surface area contributed by atoms with Crippen LogP contribution in [0, 0.1) is 19.7 Å². The molecule has 3 heterocycles. The van der Waals surface area contributed by atoms with E-state index in [1.165, 1.54) is 43.2 Å². The predicted octanol–water partition coefficient (Wildman–Crippen LogP) is 4.42. The second-order valence-electron chi connectivity index (χ2n) is 8.84. The zero-order valence-corrected chi connectivity index (χ0v) is 21.2. The van der Waals surface area contributed by atoms with Crippen molar-refractivity contribution >= 4 is 23.4 Å². The number of aromatic nitrogens is 5. The Morgan fingerprint density at radius 2 is 1.76 bits per heavy atom. The first-order chi connectivity index (χ1) is 16.3.